The van der Waals surface area contributed by atoms with Crippen LogP contribution in [0.4, 0.5) is 13.2 Å². The lowest BCUT2D eigenvalue weighted by Gasteiger charge is -2.15. The highest BCUT2D eigenvalue weighted by Crippen LogP contribution is 2.35. The first-order chi connectivity index (χ1) is 7.48. The lowest BCUT2D eigenvalue weighted by Crippen LogP contribution is -2.14. The van der Waals surface area contributed by atoms with Crippen molar-refractivity contribution in [3.05, 3.63) is 34.3 Å². The van der Waals surface area contributed by atoms with Crippen molar-refractivity contribution in [2.75, 3.05) is 6.54 Å². The van der Waals surface area contributed by atoms with Crippen LogP contribution in [0.2, 0.25) is 5.02 Å². The molecule has 1 aromatic carbocycles. The van der Waals surface area contributed by atoms with Crippen molar-refractivity contribution in [2.45, 2.75) is 25.1 Å². The van der Waals surface area contributed by atoms with Crippen LogP contribution in [0.3, 0.4) is 0 Å². The van der Waals surface area contributed by atoms with Gasteiger partial charge in [-0.15, -0.1) is 12.4 Å². The first-order valence-corrected chi connectivity index (χ1v) is 5.46. The number of rotatable bonds is 1. The minimum atomic E-state index is -4.31. The minimum absolute atomic E-state index is 0. The Morgan fingerprint density at radius 1 is 1.29 bits per heavy atom. The zero-order valence-electron chi connectivity index (χ0n) is 8.85. The van der Waals surface area contributed by atoms with Gasteiger partial charge in [0, 0.05) is 11.1 Å². The van der Waals surface area contributed by atoms with Gasteiger partial charge in [-0.3, -0.25) is 0 Å². The summed E-state index contributed by atoms with van der Waals surface area (Å²) in [5, 5.41) is 3.54. The van der Waals surface area contributed by atoms with E-state index >= 15 is 0 Å². The molecule has 1 saturated heterocycles. The van der Waals surface area contributed by atoms with Gasteiger partial charge < -0.3 is 5.32 Å². The summed E-state index contributed by atoms with van der Waals surface area (Å²) in [6.45, 7) is 0.831. The highest BCUT2D eigenvalue weighted by molar-refractivity contribution is 6.31. The van der Waals surface area contributed by atoms with Crippen LogP contribution >= 0.6 is 24.0 Å². The van der Waals surface area contributed by atoms with Crippen LogP contribution < -0.4 is 5.32 Å². The molecule has 1 aliphatic heterocycles. The maximum Gasteiger partial charge on any atom is 0.416 e. The molecule has 0 saturated carbocycles. The molecule has 0 amide bonds. The first-order valence-electron chi connectivity index (χ1n) is 5.08. The molecule has 1 N–H and O–H groups in total. The van der Waals surface area contributed by atoms with Crippen molar-refractivity contribution in [1.29, 1.82) is 0 Å². The Bertz CT molecular complexity index is 387. The Balaban J connectivity index is 0.00000144. The van der Waals surface area contributed by atoms with E-state index in [0.717, 1.165) is 31.5 Å². The van der Waals surface area contributed by atoms with Crippen LogP contribution in [-0.4, -0.2) is 6.54 Å². The SMILES string of the molecule is Cl.FC(F)(F)c1ccc(Cl)c([C@@H]2CCCN2)c1. The van der Waals surface area contributed by atoms with Gasteiger partial charge in [0.15, 0.2) is 0 Å². The molecule has 0 spiro atoms. The van der Waals surface area contributed by atoms with E-state index in [2.05, 4.69) is 5.32 Å². The molecule has 1 atom stereocenters. The average molecular weight is 286 g/mol. The van der Waals surface area contributed by atoms with Gasteiger partial charge in [-0.05, 0) is 43.1 Å². The fourth-order valence-corrected chi connectivity index (χ4v) is 2.19. The normalized spacial score (nSPS) is 20.1. The second-order valence-electron chi connectivity index (χ2n) is 3.88. The van der Waals surface area contributed by atoms with Gasteiger partial charge in [-0.2, -0.15) is 13.2 Å². The average Bonchev–Trinajstić information content (AvgIpc) is 2.69. The highest BCUT2D eigenvalue weighted by atomic mass is 35.5. The number of benzene rings is 1. The molecule has 1 heterocycles. The van der Waals surface area contributed by atoms with Gasteiger partial charge in [0.2, 0.25) is 0 Å². The van der Waals surface area contributed by atoms with Crippen molar-refractivity contribution in [3.8, 4) is 0 Å². The summed E-state index contributed by atoms with van der Waals surface area (Å²) < 4.78 is 37.6. The molecule has 0 unspecified atom stereocenters. The molecule has 1 nitrogen and oxygen atoms in total. The van der Waals surface area contributed by atoms with Gasteiger partial charge in [-0.1, -0.05) is 11.6 Å². The van der Waals surface area contributed by atoms with Gasteiger partial charge >= 0.3 is 6.18 Å². The number of nitrogens with one attached hydrogen (secondary N) is 1. The maximum absolute atomic E-state index is 12.5. The molecular weight excluding hydrogens is 274 g/mol. The van der Waals surface area contributed by atoms with Crippen LogP contribution in [-0.2, 0) is 6.18 Å². The van der Waals surface area contributed by atoms with E-state index in [1.54, 1.807) is 0 Å². The van der Waals surface area contributed by atoms with Crippen LogP contribution in [0, 0.1) is 0 Å². The first kappa shape index (κ1) is 14.6. The van der Waals surface area contributed by atoms with Crippen LogP contribution in [0.15, 0.2) is 18.2 Å². The van der Waals surface area contributed by atoms with E-state index in [9.17, 15) is 13.2 Å². The second-order valence-corrected chi connectivity index (χ2v) is 4.29. The third-order valence-electron chi connectivity index (χ3n) is 2.76. The molecule has 17 heavy (non-hydrogen) atoms. The van der Waals surface area contributed by atoms with Crippen molar-refractivity contribution >= 4 is 24.0 Å². The molecule has 2 rings (SSSR count). The summed E-state index contributed by atoms with van der Waals surface area (Å²) >= 11 is 5.92. The third-order valence-corrected chi connectivity index (χ3v) is 3.10. The number of halogens is 5. The highest BCUT2D eigenvalue weighted by Gasteiger charge is 2.32. The monoisotopic (exact) mass is 285 g/mol. The smallest absolute Gasteiger partial charge is 0.310 e. The summed E-state index contributed by atoms with van der Waals surface area (Å²) in [4.78, 5) is 0. The number of alkyl halides is 3. The molecule has 96 valence electrons. The predicted molar refractivity (Wildman–Crippen MR) is 63.7 cm³/mol. The Kier molecular flexibility index (Phi) is 4.69. The van der Waals surface area contributed by atoms with E-state index in [0.29, 0.717) is 10.6 Å². The van der Waals surface area contributed by atoms with Crippen LogP contribution in [0.25, 0.3) is 0 Å². The molecule has 0 aliphatic carbocycles. The Labute approximate surface area is 109 Å². The molecule has 0 aromatic heterocycles. The van der Waals surface area contributed by atoms with Crippen molar-refractivity contribution in [3.63, 3.8) is 0 Å². The van der Waals surface area contributed by atoms with Crippen molar-refractivity contribution in [2.24, 2.45) is 0 Å². The van der Waals surface area contributed by atoms with Gasteiger partial charge in [-0.25, -0.2) is 0 Å². The lowest BCUT2D eigenvalue weighted by atomic mass is 10.0. The maximum atomic E-state index is 12.5. The van der Waals surface area contributed by atoms with E-state index in [-0.39, 0.29) is 18.4 Å². The van der Waals surface area contributed by atoms with Gasteiger partial charge in [0.25, 0.3) is 0 Å². The van der Waals surface area contributed by atoms with E-state index in [4.69, 9.17) is 11.6 Å². The quantitative estimate of drug-likeness (QED) is 0.815. The molecule has 1 aromatic rings. The van der Waals surface area contributed by atoms with E-state index in [1.165, 1.54) is 6.07 Å². The van der Waals surface area contributed by atoms with Crippen molar-refractivity contribution < 1.29 is 13.2 Å². The predicted octanol–water partition coefficient (Wildman–Crippen LogP) is 4.21. The fourth-order valence-electron chi connectivity index (χ4n) is 1.94. The standard InChI is InChI=1S/C11H11ClF3N.ClH/c12-9-4-3-7(11(13,14)15)6-8(9)10-2-1-5-16-10;/h3-4,6,10,16H,1-2,5H2;1H/t10-;/m0./s1. The summed E-state index contributed by atoms with van der Waals surface area (Å²) in [7, 11) is 0. The molecule has 0 radical (unpaired) electrons. The van der Waals surface area contributed by atoms with Gasteiger partial charge in [0.1, 0.15) is 0 Å². The Morgan fingerprint density at radius 3 is 2.53 bits per heavy atom. The molecule has 6 heteroatoms. The zero-order valence-corrected chi connectivity index (χ0v) is 10.4. The molecule has 1 aliphatic rings. The number of hydrogen-bond donors (Lipinski definition) is 1. The fraction of sp³-hybridized carbons (Fsp3) is 0.455. The third kappa shape index (κ3) is 3.27. The molecule has 0 bridgehead atoms. The molecule has 1 fully saturated rings. The molecular formula is C11H12Cl2F3N. The van der Waals surface area contributed by atoms with E-state index < -0.39 is 11.7 Å². The summed E-state index contributed by atoms with van der Waals surface area (Å²) in [6, 6.07) is 3.43. The Morgan fingerprint density at radius 2 is 2.00 bits per heavy atom. The van der Waals surface area contributed by atoms with Crippen LogP contribution in [0.5, 0.6) is 0 Å². The van der Waals surface area contributed by atoms with Crippen LogP contribution in [0.1, 0.15) is 30.0 Å². The largest absolute Gasteiger partial charge is 0.416 e. The zero-order chi connectivity index (χ0) is 11.8. The lowest BCUT2D eigenvalue weighted by molar-refractivity contribution is -0.137. The van der Waals surface area contributed by atoms with Crippen molar-refractivity contribution in [1.82, 2.24) is 5.32 Å². The summed E-state index contributed by atoms with van der Waals surface area (Å²) in [5.74, 6) is 0. The van der Waals surface area contributed by atoms with Gasteiger partial charge in [0.05, 0.1) is 5.56 Å². The second kappa shape index (κ2) is 5.46. The summed E-state index contributed by atoms with van der Waals surface area (Å²) in [5.41, 5.74) is -0.0883. The summed E-state index contributed by atoms with van der Waals surface area (Å²) in [6.07, 6.45) is -2.50. The minimum Gasteiger partial charge on any atom is -0.310 e. The number of hydrogen-bond acceptors (Lipinski definition) is 1. The van der Waals surface area contributed by atoms with E-state index in [1.807, 2.05) is 0 Å². The topological polar surface area (TPSA) is 12.0 Å². The Hall–Kier alpha value is -0.450.